The van der Waals surface area contributed by atoms with Gasteiger partial charge in [-0.25, -0.2) is 9.97 Å². The van der Waals surface area contributed by atoms with Crippen LogP contribution >= 0.6 is 0 Å². The van der Waals surface area contributed by atoms with Gasteiger partial charge < -0.3 is 4.90 Å². The summed E-state index contributed by atoms with van der Waals surface area (Å²) in [5.41, 5.74) is 0.951. The summed E-state index contributed by atoms with van der Waals surface area (Å²) in [5, 5.41) is 0. The molecule has 0 N–H and O–H groups in total. The number of nitrogens with zero attached hydrogens (tertiary/aromatic N) is 5. The van der Waals surface area contributed by atoms with Gasteiger partial charge in [-0.05, 0) is 19.8 Å². The van der Waals surface area contributed by atoms with Crippen molar-refractivity contribution in [2.24, 2.45) is 0 Å². The predicted octanol–water partition coefficient (Wildman–Crippen LogP) is 1.70. The van der Waals surface area contributed by atoms with Gasteiger partial charge >= 0.3 is 0 Å². The van der Waals surface area contributed by atoms with Crippen molar-refractivity contribution in [2.45, 2.75) is 32.6 Å². The topological polar surface area (TPSA) is 63.9 Å². The number of carbonyl (C=O) groups excluding carboxylic acids is 1. The number of hydrogen-bond donors (Lipinski definition) is 0. The van der Waals surface area contributed by atoms with Gasteiger partial charge in [0, 0.05) is 44.5 Å². The molecule has 1 fully saturated rings. The maximum absolute atomic E-state index is 11.6. The van der Waals surface area contributed by atoms with E-state index in [1.807, 2.05) is 28.8 Å². The molecule has 1 unspecified atom stereocenters. The SMILES string of the molecule is CC(=O)N1CCCC(c2cncc(-n3ccnc3C)n2)C1. The molecule has 110 valence electrons. The van der Waals surface area contributed by atoms with Crippen molar-refractivity contribution in [2.75, 3.05) is 13.1 Å². The Morgan fingerprint density at radius 1 is 1.38 bits per heavy atom. The molecule has 2 aromatic rings. The van der Waals surface area contributed by atoms with Crippen molar-refractivity contribution >= 4 is 5.91 Å². The quantitative estimate of drug-likeness (QED) is 0.842. The maximum Gasteiger partial charge on any atom is 0.219 e. The van der Waals surface area contributed by atoms with Gasteiger partial charge in [0.2, 0.25) is 5.91 Å². The second kappa shape index (κ2) is 5.63. The van der Waals surface area contributed by atoms with E-state index >= 15 is 0 Å². The van der Waals surface area contributed by atoms with Crippen LogP contribution in [0.1, 0.15) is 37.2 Å². The lowest BCUT2D eigenvalue weighted by molar-refractivity contribution is -0.130. The van der Waals surface area contributed by atoms with Crippen LogP contribution in [0.5, 0.6) is 0 Å². The van der Waals surface area contributed by atoms with Crippen LogP contribution in [0, 0.1) is 6.92 Å². The largest absolute Gasteiger partial charge is 0.342 e. The highest BCUT2D eigenvalue weighted by Crippen LogP contribution is 2.25. The average molecular weight is 285 g/mol. The molecule has 1 saturated heterocycles. The van der Waals surface area contributed by atoms with Crippen molar-refractivity contribution in [3.63, 3.8) is 0 Å². The zero-order valence-corrected chi connectivity index (χ0v) is 12.4. The Kier molecular flexibility index (Phi) is 3.68. The molecule has 0 radical (unpaired) electrons. The standard InChI is InChI=1S/C15H19N5O/c1-11-17-5-7-20(11)15-9-16-8-14(18-15)13-4-3-6-19(10-13)12(2)21/h5,7-9,13H,3-4,6,10H2,1-2H3. The molecule has 21 heavy (non-hydrogen) atoms. The highest BCUT2D eigenvalue weighted by Gasteiger charge is 2.24. The van der Waals surface area contributed by atoms with Gasteiger partial charge in [0.15, 0.2) is 5.82 Å². The molecule has 1 atom stereocenters. The van der Waals surface area contributed by atoms with Crippen molar-refractivity contribution in [1.82, 2.24) is 24.4 Å². The molecule has 0 saturated carbocycles. The second-order valence-corrected chi connectivity index (χ2v) is 5.45. The molecule has 1 aliphatic heterocycles. The summed E-state index contributed by atoms with van der Waals surface area (Å²) < 4.78 is 1.92. The Bertz CT molecular complexity index is 651. The fourth-order valence-electron chi connectivity index (χ4n) is 2.81. The summed E-state index contributed by atoms with van der Waals surface area (Å²) in [4.78, 5) is 26.7. The second-order valence-electron chi connectivity index (χ2n) is 5.45. The molecule has 3 rings (SSSR count). The van der Waals surface area contributed by atoms with Crippen molar-refractivity contribution in [3.05, 3.63) is 36.3 Å². The number of aromatic nitrogens is 4. The smallest absolute Gasteiger partial charge is 0.219 e. The number of aryl methyl sites for hydroxylation is 1. The van der Waals surface area contributed by atoms with Crippen molar-refractivity contribution < 1.29 is 4.79 Å². The minimum Gasteiger partial charge on any atom is -0.342 e. The molecular formula is C15H19N5O. The number of amides is 1. The van der Waals surface area contributed by atoms with E-state index in [0.29, 0.717) is 0 Å². The lowest BCUT2D eigenvalue weighted by Crippen LogP contribution is -2.37. The number of hydrogen-bond acceptors (Lipinski definition) is 4. The average Bonchev–Trinajstić information content (AvgIpc) is 2.94. The third-order valence-electron chi connectivity index (χ3n) is 4.00. The summed E-state index contributed by atoms with van der Waals surface area (Å²) in [6, 6.07) is 0. The lowest BCUT2D eigenvalue weighted by atomic mass is 9.95. The van der Waals surface area contributed by atoms with Gasteiger partial charge in [0.05, 0.1) is 11.9 Å². The highest BCUT2D eigenvalue weighted by atomic mass is 16.2. The van der Waals surface area contributed by atoms with E-state index in [4.69, 9.17) is 4.98 Å². The molecule has 0 aliphatic carbocycles. The fourth-order valence-corrected chi connectivity index (χ4v) is 2.81. The van der Waals surface area contributed by atoms with Crippen LogP contribution in [0.15, 0.2) is 24.8 Å². The van der Waals surface area contributed by atoms with Crippen LogP contribution in [0.2, 0.25) is 0 Å². The number of imidazole rings is 1. The van der Waals surface area contributed by atoms with E-state index in [1.54, 1.807) is 19.3 Å². The summed E-state index contributed by atoms with van der Waals surface area (Å²) in [6.45, 7) is 5.14. The maximum atomic E-state index is 11.6. The molecular weight excluding hydrogens is 266 g/mol. The van der Waals surface area contributed by atoms with Crippen LogP contribution in [0.25, 0.3) is 5.82 Å². The van der Waals surface area contributed by atoms with Crippen molar-refractivity contribution in [1.29, 1.82) is 0 Å². The molecule has 1 amide bonds. The lowest BCUT2D eigenvalue weighted by Gasteiger charge is -2.31. The van der Waals surface area contributed by atoms with Crippen molar-refractivity contribution in [3.8, 4) is 5.82 Å². The first-order valence-electron chi connectivity index (χ1n) is 7.23. The monoisotopic (exact) mass is 285 g/mol. The summed E-state index contributed by atoms with van der Waals surface area (Å²) >= 11 is 0. The highest BCUT2D eigenvalue weighted by molar-refractivity contribution is 5.73. The first kappa shape index (κ1) is 13.7. The van der Waals surface area contributed by atoms with Crippen LogP contribution in [0.3, 0.4) is 0 Å². The van der Waals surface area contributed by atoms with Gasteiger partial charge in [0.1, 0.15) is 5.82 Å². The molecule has 6 nitrogen and oxygen atoms in total. The van der Waals surface area contributed by atoms with Gasteiger partial charge in [-0.3, -0.25) is 14.3 Å². The van der Waals surface area contributed by atoms with E-state index < -0.39 is 0 Å². The van der Waals surface area contributed by atoms with Crippen LogP contribution in [-0.2, 0) is 4.79 Å². The zero-order valence-electron chi connectivity index (χ0n) is 12.4. The van der Waals surface area contributed by atoms with E-state index in [1.165, 1.54) is 0 Å². The minimum absolute atomic E-state index is 0.134. The molecule has 0 aromatic carbocycles. The normalized spacial score (nSPS) is 18.8. The van der Waals surface area contributed by atoms with Gasteiger partial charge in [0.25, 0.3) is 0 Å². The molecule has 6 heteroatoms. The van der Waals surface area contributed by atoms with Crippen LogP contribution < -0.4 is 0 Å². The number of piperidine rings is 1. The summed E-state index contributed by atoms with van der Waals surface area (Å²) in [6.07, 6.45) is 9.24. The van der Waals surface area contributed by atoms with Crippen LogP contribution in [-0.4, -0.2) is 43.4 Å². The molecule has 1 aliphatic rings. The Morgan fingerprint density at radius 3 is 2.95 bits per heavy atom. The molecule has 3 heterocycles. The predicted molar refractivity (Wildman–Crippen MR) is 78.1 cm³/mol. The molecule has 0 bridgehead atoms. The van der Waals surface area contributed by atoms with Gasteiger partial charge in [-0.15, -0.1) is 0 Å². The molecule has 0 spiro atoms. The molecule has 2 aromatic heterocycles. The summed E-state index contributed by atoms with van der Waals surface area (Å²) in [5.74, 6) is 2.06. The van der Waals surface area contributed by atoms with Gasteiger partial charge in [-0.2, -0.15) is 0 Å². The van der Waals surface area contributed by atoms with E-state index in [-0.39, 0.29) is 11.8 Å². The number of carbonyl (C=O) groups is 1. The van der Waals surface area contributed by atoms with Gasteiger partial charge in [-0.1, -0.05) is 0 Å². The van der Waals surface area contributed by atoms with E-state index in [0.717, 1.165) is 43.3 Å². The Morgan fingerprint density at radius 2 is 2.24 bits per heavy atom. The third kappa shape index (κ3) is 2.79. The van der Waals surface area contributed by atoms with Crippen LogP contribution in [0.4, 0.5) is 0 Å². The Balaban J connectivity index is 1.86. The zero-order chi connectivity index (χ0) is 14.8. The Labute approximate surface area is 123 Å². The fraction of sp³-hybridized carbons (Fsp3) is 0.467. The number of rotatable bonds is 2. The Hall–Kier alpha value is -2.24. The minimum atomic E-state index is 0.134. The first-order valence-corrected chi connectivity index (χ1v) is 7.23. The first-order chi connectivity index (χ1) is 10.1. The van der Waals surface area contributed by atoms with E-state index in [2.05, 4.69) is 9.97 Å². The third-order valence-corrected chi connectivity index (χ3v) is 4.00. The summed E-state index contributed by atoms with van der Waals surface area (Å²) in [7, 11) is 0. The van der Waals surface area contributed by atoms with E-state index in [9.17, 15) is 4.79 Å². The number of likely N-dealkylation sites (tertiary alicyclic amines) is 1.